The van der Waals surface area contributed by atoms with E-state index in [0.29, 0.717) is 18.6 Å². The van der Waals surface area contributed by atoms with Crippen LogP contribution in [0.15, 0.2) is 30.3 Å². The van der Waals surface area contributed by atoms with Crippen LogP contribution in [0.4, 0.5) is 0 Å². The molecule has 1 amide bonds. The standard InChI is InChI=1S/C15H19NO4/c17-14(10-20-11-6-2-1-3-7-11)16-13-9-5-4-8-12(13)15(18)19/h1-3,6-7,12-13H,4-5,8-10H2,(H,16,17)(H,18,19)/t12-,13+/m1/s1. The average molecular weight is 277 g/mol. The van der Waals surface area contributed by atoms with Gasteiger partial charge in [-0.2, -0.15) is 0 Å². The molecule has 0 unspecified atom stereocenters. The molecule has 0 radical (unpaired) electrons. The van der Waals surface area contributed by atoms with Gasteiger partial charge in [-0.15, -0.1) is 0 Å². The molecule has 0 spiro atoms. The van der Waals surface area contributed by atoms with Crippen molar-refractivity contribution < 1.29 is 19.4 Å². The Hall–Kier alpha value is -2.04. The molecule has 1 aromatic rings. The van der Waals surface area contributed by atoms with Gasteiger partial charge in [-0.25, -0.2) is 0 Å². The highest BCUT2D eigenvalue weighted by atomic mass is 16.5. The molecule has 0 aliphatic heterocycles. The number of rotatable bonds is 5. The zero-order valence-corrected chi connectivity index (χ0v) is 11.2. The highest BCUT2D eigenvalue weighted by Gasteiger charge is 2.31. The summed E-state index contributed by atoms with van der Waals surface area (Å²) in [5.74, 6) is -0.962. The van der Waals surface area contributed by atoms with Gasteiger partial charge < -0.3 is 15.2 Å². The van der Waals surface area contributed by atoms with E-state index in [9.17, 15) is 9.59 Å². The van der Waals surface area contributed by atoms with E-state index in [1.165, 1.54) is 0 Å². The van der Waals surface area contributed by atoms with Crippen LogP contribution in [0.5, 0.6) is 5.75 Å². The second-order valence-corrected chi connectivity index (χ2v) is 5.00. The molecule has 0 saturated heterocycles. The number of benzene rings is 1. The van der Waals surface area contributed by atoms with Crippen LogP contribution in [0.2, 0.25) is 0 Å². The van der Waals surface area contributed by atoms with E-state index in [0.717, 1.165) is 12.8 Å². The number of amides is 1. The van der Waals surface area contributed by atoms with Gasteiger partial charge in [-0.05, 0) is 25.0 Å². The SMILES string of the molecule is O=C(COc1ccccc1)N[C@H]1CCCC[C@H]1C(=O)O. The summed E-state index contributed by atoms with van der Waals surface area (Å²) < 4.78 is 5.35. The Morgan fingerprint density at radius 3 is 2.60 bits per heavy atom. The van der Waals surface area contributed by atoms with E-state index >= 15 is 0 Å². The first-order valence-corrected chi connectivity index (χ1v) is 6.87. The van der Waals surface area contributed by atoms with Gasteiger partial charge in [0.1, 0.15) is 5.75 Å². The van der Waals surface area contributed by atoms with Crippen LogP contribution in [0, 0.1) is 5.92 Å². The van der Waals surface area contributed by atoms with E-state index in [2.05, 4.69) is 5.32 Å². The monoisotopic (exact) mass is 277 g/mol. The van der Waals surface area contributed by atoms with Crippen molar-refractivity contribution in [1.82, 2.24) is 5.32 Å². The lowest BCUT2D eigenvalue weighted by Crippen LogP contribution is -2.46. The fourth-order valence-corrected chi connectivity index (χ4v) is 2.51. The molecule has 2 rings (SSSR count). The van der Waals surface area contributed by atoms with E-state index in [-0.39, 0.29) is 18.6 Å². The number of para-hydroxylation sites is 1. The molecule has 5 heteroatoms. The fourth-order valence-electron chi connectivity index (χ4n) is 2.51. The van der Waals surface area contributed by atoms with Crippen molar-refractivity contribution >= 4 is 11.9 Å². The Morgan fingerprint density at radius 2 is 1.90 bits per heavy atom. The minimum Gasteiger partial charge on any atom is -0.484 e. The number of carbonyl (C=O) groups is 2. The average Bonchev–Trinajstić information content (AvgIpc) is 2.46. The lowest BCUT2D eigenvalue weighted by atomic mass is 9.84. The molecular formula is C15H19NO4. The van der Waals surface area contributed by atoms with Crippen molar-refractivity contribution in [3.63, 3.8) is 0 Å². The Morgan fingerprint density at radius 1 is 1.20 bits per heavy atom. The van der Waals surface area contributed by atoms with E-state index in [1.807, 2.05) is 18.2 Å². The molecule has 1 saturated carbocycles. The third-order valence-electron chi connectivity index (χ3n) is 3.54. The van der Waals surface area contributed by atoms with Gasteiger partial charge in [-0.1, -0.05) is 31.0 Å². The van der Waals surface area contributed by atoms with Gasteiger partial charge >= 0.3 is 5.97 Å². The summed E-state index contributed by atoms with van der Waals surface area (Å²) in [7, 11) is 0. The number of hydrogen-bond acceptors (Lipinski definition) is 3. The molecule has 0 bridgehead atoms. The van der Waals surface area contributed by atoms with Crippen molar-refractivity contribution in [2.45, 2.75) is 31.7 Å². The van der Waals surface area contributed by atoms with Gasteiger partial charge in [0, 0.05) is 6.04 Å². The normalized spacial score (nSPS) is 22.0. The number of ether oxygens (including phenoxy) is 1. The predicted octanol–water partition coefficient (Wildman–Crippen LogP) is 1.82. The molecule has 0 heterocycles. The maximum absolute atomic E-state index is 11.8. The summed E-state index contributed by atoms with van der Waals surface area (Å²) in [6.45, 7) is -0.0904. The number of carboxylic acids is 1. The molecule has 5 nitrogen and oxygen atoms in total. The van der Waals surface area contributed by atoms with Crippen LogP contribution in [0.25, 0.3) is 0 Å². The topological polar surface area (TPSA) is 75.6 Å². The second-order valence-electron chi connectivity index (χ2n) is 5.00. The first-order valence-electron chi connectivity index (χ1n) is 6.87. The summed E-state index contributed by atoms with van der Waals surface area (Å²) in [4.78, 5) is 23.0. The van der Waals surface area contributed by atoms with E-state index in [1.54, 1.807) is 12.1 Å². The molecule has 2 N–H and O–H groups in total. The third-order valence-corrected chi connectivity index (χ3v) is 3.54. The van der Waals surface area contributed by atoms with Crippen LogP contribution < -0.4 is 10.1 Å². The number of carbonyl (C=O) groups excluding carboxylic acids is 1. The lowest BCUT2D eigenvalue weighted by Gasteiger charge is -2.29. The second kappa shape index (κ2) is 6.93. The lowest BCUT2D eigenvalue weighted by molar-refractivity contribution is -0.144. The zero-order chi connectivity index (χ0) is 14.4. The van der Waals surface area contributed by atoms with E-state index in [4.69, 9.17) is 9.84 Å². The number of hydrogen-bond donors (Lipinski definition) is 2. The van der Waals surface area contributed by atoms with E-state index < -0.39 is 11.9 Å². The summed E-state index contributed by atoms with van der Waals surface area (Å²) in [6, 6.07) is 8.78. The predicted molar refractivity (Wildman–Crippen MR) is 73.5 cm³/mol. The van der Waals surface area contributed by atoms with Gasteiger partial charge in [0.05, 0.1) is 5.92 Å². The highest BCUT2D eigenvalue weighted by Crippen LogP contribution is 2.24. The van der Waals surface area contributed by atoms with Crippen molar-refractivity contribution in [2.24, 2.45) is 5.92 Å². The van der Waals surface area contributed by atoms with Gasteiger partial charge in [0.15, 0.2) is 6.61 Å². The smallest absolute Gasteiger partial charge is 0.308 e. The third kappa shape index (κ3) is 3.98. The quantitative estimate of drug-likeness (QED) is 0.861. The molecule has 1 aliphatic carbocycles. The molecule has 1 aliphatic rings. The number of carboxylic acid groups (broad SMARTS) is 1. The first-order chi connectivity index (χ1) is 9.66. The summed E-state index contributed by atoms with van der Waals surface area (Å²) in [6.07, 6.45) is 3.20. The molecule has 1 fully saturated rings. The number of nitrogens with one attached hydrogen (secondary N) is 1. The Kier molecular flexibility index (Phi) is 4.98. The molecule has 1 aromatic carbocycles. The largest absolute Gasteiger partial charge is 0.484 e. The van der Waals surface area contributed by atoms with Crippen LogP contribution in [0.3, 0.4) is 0 Å². The van der Waals surface area contributed by atoms with Gasteiger partial charge in [0.2, 0.25) is 0 Å². The molecule has 2 atom stereocenters. The molecule has 0 aromatic heterocycles. The molecule has 108 valence electrons. The van der Waals surface area contributed by atoms with Crippen LogP contribution in [0.1, 0.15) is 25.7 Å². The minimum atomic E-state index is -0.834. The highest BCUT2D eigenvalue weighted by molar-refractivity contribution is 5.79. The maximum Gasteiger partial charge on any atom is 0.308 e. The van der Waals surface area contributed by atoms with Crippen molar-refractivity contribution in [2.75, 3.05) is 6.61 Å². The summed E-state index contributed by atoms with van der Waals surface area (Å²) >= 11 is 0. The Bertz CT molecular complexity index is 460. The van der Waals surface area contributed by atoms with Crippen LogP contribution >= 0.6 is 0 Å². The molecule has 20 heavy (non-hydrogen) atoms. The summed E-state index contributed by atoms with van der Waals surface area (Å²) in [5.41, 5.74) is 0. The van der Waals surface area contributed by atoms with Crippen molar-refractivity contribution in [3.8, 4) is 5.75 Å². The maximum atomic E-state index is 11.8. The fraction of sp³-hybridized carbons (Fsp3) is 0.467. The Balaban J connectivity index is 1.82. The van der Waals surface area contributed by atoms with Gasteiger partial charge in [-0.3, -0.25) is 9.59 Å². The number of aliphatic carboxylic acids is 1. The molecular weight excluding hydrogens is 258 g/mol. The first kappa shape index (κ1) is 14.4. The zero-order valence-electron chi connectivity index (χ0n) is 11.2. The van der Waals surface area contributed by atoms with Crippen LogP contribution in [-0.2, 0) is 9.59 Å². The van der Waals surface area contributed by atoms with Gasteiger partial charge in [0.25, 0.3) is 5.91 Å². The van der Waals surface area contributed by atoms with Crippen LogP contribution in [-0.4, -0.2) is 29.6 Å². The summed E-state index contributed by atoms with van der Waals surface area (Å²) in [5, 5.41) is 11.9. The van der Waals surface area contributed by atoms with Crippen molar-refractivity contribution in [3.05, 3.63) is 30.3 Å². The minimum absolute atomic E-state index is 0.0904. The Labute approximate surface area is 117 Å². The van der Waals surface area contributed by atoms with Crippen molar-refractivity contribution in [1.29, 1.82) is 0 Å².